The van der Waals surface area contributed by atoms with E-state index in [2.05, 4.69) is 4.74 Å². The first-order chi connectivity index (χ1) is 8.11. The number of hydrogen-bond acceptors (Lipinski definition) is 4. The third-order valence-electron chi connectivity index (χ3n) is 2.73. The Morgan fingerprint density at radius 2 is 2.18 bits per heavy atom. The van der Waals surface area contributed by atoms with Crippen molar-refractivity contribution in [3.05, 3.63) is 23.7 Å². The molecule has 1 rings (SSSR count). The van der Waals surface area contributed by atoms with Crippen LogP contribution in [0.1, 0.15) is 42.3 Å². The lowest BCUT2D eigenvalue weighted by molar-refractivity contribution is -0.143. The molecule has 4 nitrogen and oxygen atoms in total. The summed E-state index contributed by atoms with van der Waals surface area (Å²) in [6.45, 7) is 3.79. The lowest BCUT2D eigenvalue weighted by Crippen LogP contribution is -2.25. The van der Waals surface area contributed by atoms with E-state index in [4.69, 9.17) is 4.42 Å². The van der Waals surface area contributed by atoms with E-state index < -0.39 is 11.9 Å². The normalized spacial score (nSPS) is 12.2. The molecule has 0 N–H and O–H groups in total. The quantitative estimate of drug-likeness (QED) is 0.434. The molecular formula is C13H18O4. The number of unbranched alkanes of at least 4 members (excludes halogenated alkanes) is 1. The van der Waals surface area contributed by atoms with Crippen molar-refractivity contribution in [2.75, 3.05) is 7.11 Å². The van der Waals surface area contributed by atoms with Crippen molar-refractivity contribution in [3.63, 3.8) is 0 Å². The monoisotopic (exact) mass is 238 g/mol. The zero-order valence-corrected chi connectivity index (χ0v) is 10.5. The molecule has 0 amide bonds. The van der Waals surface area contributed by atoms with Crippen molar-refractivity contribution in [1.82, 2.24) is 0 Å². The van der Waals surface area contributed by atoms with E-state index in [0.717, 1.165) is 18.4 Å². The Balaban J connectivity index is 2.86. The van der Waals surface area contributed by atoms with Crippen molar-refractivity contribution >= 4 is 11.8 Å². The third-order valence-corrected chi connectivity index (χ3v) is 2.73. The third kappa shape index (κ3) is 3.19. The van der Waals surface area contributed by atoms with E-state index in [0.29, 0.717) is 6.42 Å². The van der Waals surface area contributed by atoms with Crippen LogP contribution >= 0.6 is 0 Å². The van der Waals surface area contributed by atoms with Crippen LogP contribution in [0.15, 0.2) is 16.7 Å². The standard InChI is InChI=1S/C13H18O4/c1-4-5-6-10(13(15)16-3)11(14)12-9(2)7-8-17-12/h7-8,10H,4-6H2,1-3H3. The molecule has 4 heteroatoms. The van der Waals surface area contributed by atoms with Gasteiger partial charge in [0.2, 0.25) is 5.78 Å². The highest BCUT2D eigenvalue weighted by Crippen LogP contribution is 2.20. The predicted molar refractivity (Wildman–Crippen MR) is 62.8 cm³/mol. The Hall–Kier alpha value is -1.58. The van der Waals surface area contributed by atoms with Gasteiger partial charge in [-0.25, -0.2) is 0 Å². The molecule has 0 aliphatic heterocycles. The van der Waals surface area contributed by atoms with Gasteiger partial charge >= 0.3 is 5.97 Å². The predicted octanol–water partition coefficient (Wildman–Crippen LogP) is 2.75. The molecule has 1 aromatic rings. The fraction of sp³-hybridized carbons (Fsp3) is 0.538. The molecule has 0 saturated heterocycles. The van der Waals surface area contributed by atoms with Gasteiger partial charge in [-0.1, -0.05) is 19.8 Å². The van der Waals surface area contributed by atoms with Gasteiger partial charge in [-0.05, 0) is 25.0 Å². The summed E-state index contributed by atoms with van der Waals surface area (Å²) in [5, 5.41) is 0. The number of furan rings is 1. The van der Waals surface area contributed by atoms with Crippen LogP contribution in [-0.2, 0) is 9.53 Å². The zero-order valence-electron chi connectivity index (χ0n) is 10.5. The molecule has 1 heterocycles. The number of Topliss-reactive ketones (excluding diaryl/α,β-unsaturated/α-hetero) is 1. The molecule has 1 aromatic heterocycles. The summed E-state index contributed by atoms with van der Waals surface area (Å²) in [6, 6.07) is 1.71. The molecule has 0 aromatic carbocycles. The van der Waals surface area contributed by atoms with Crippen LogP contribution < -0.4 is 0 Å². The number of hydrogen-bond donors (Lipinski definition) is 0. The highest BCUT2D eigenvalue weighted by atomic mass is 16.5. The van der Waals surface area contributed by atoms with Crippen LogP contribution in [0.25, 0.3) is 0 Å². The van der Waals surface area contributed by atoms with Crippen molar-refractivity contribution < 1.29 is 18.7 Å². The smallest absolute Gasteiger partial charge is 0.316 e. The SMILES string of the molecule is CCCCC(C(=O)OC)C(=O)c1occc1C. The number of ketones is 1. The molecule has 1 unspecified atom stereocenters. The Morgan fingerprint density at radius 1 is 1.47 bits per heavy atom. The fourth-order valence-electron chi connectivity index (χ4n) is 1.69. The highest BCUT2D eigenvalue weighted by Gasteiger charge is 2.30. The van der Waals surface area contributed by atoms with Crippen LogP contribution in [0.2, 0.25) is 0 Å². The van der Waals surface area contributed by atoms with Crippen molar-refractivity contribution in [1.29, 1.82) is 0 Å². The number of aryl methyl sites for hydroxylation is 1. The Labute approximate surface area is 101 Å². The summed E-state index contributed by atoms with van der Waals surface area (Å²) in [4.78, 5) is 23.7. The van der Waals surface area contributed by atoms with Crippen molar-refractivity contribution in [2.45, 2.75) is 33.1 Å². The molecule has 1 atom stereocenters. The van der Waals surface area contributed by atoms with Crippen molar-refractivity contribution in [2.24, 2.45) is 5.92 Å². The lowest BCUT2D eigenvalue weighted by Gasteiger charge is -2.11. The van der Waals surface area contributed by atoms with E-state index in [1.54, 1.807) is 13.0 Å². The Morgan fingerprint density at radius 3 is 2.65 bits per heavy atom. The molecule has 17 heavy (non-hydrogen) atoms. The number of esters is 1. The minimum absolute atomic E-state index is 0.261. The first kappa shape index (κ1) is 13.5. The fourth-order valence-corrected chi connectivity index (χ4v) is 1.69. The van der Waals surface area contributed by atoms with E-state index >= 15 is 0 Å². The van der Waals surface area contributed by atoms with Crippen LogP contribution in [-0.4, -0.2) is 18.9 Å². The van der Waals surface area contributed by atoms with Gasteiger partial charge in [-0.2, -0.15) is 0 Å². The Bertz CT molecular complexity index is 392. The minimum Gasteiger partial charge on any atom is -0.468 e. The van der Waals surface area contributed by atoms with Gasteiger partial charge in [0.1, 0.15) is 5.92 Å². The van der Waals surface area contributed by atoms with E-state index in [-0.39, 0.29) is 11.5 Å². The number of carbonyl (C=O) groups is 2. The van der Waals surface area contributed by atoms with Gasteiger partial charge in [0.15, 0.2) is 5.76 Å². The average molecular weight is 238 g/mol. The molecule has 0 spiro atoms. The number of ether oxygens (including phenoxy) is 1. The maximum absolute atomic E-state index is 12.1. The highest BCUT2D eigenvalue weighted by molar-refractivity contribution is 6.07. The van der Waals surface area contributed by atoms with Gasteiger partial charge in [-0.3, -0.25) is 9.59 Å². The first-order valence-corrected chi connectivity index (χ1v) is 5.78. The number of rotatable bonds is 6. The van der Waals surface area contributed by atoms with Gasteiger partial charge < -0.3 is 9.15 Å². The van der Waals surface area contributed by atoms with Crippen LogP contribution in [0, 0.1) is 12.8 Å². The second-order valence-corrected chi connectivity index (χ2v) is 4.01. The Kier molecular flexibility index (Phi) is 4.94. The largest absolute Gasteiger partial charge is 0.468 e. The average Bonchev–Trinajstić information content (AvgIpc) is 2.75. The van der Waals surface area contributed by atoms with Gasteiger partial charge in [0.25, 0.3) is 0 Å². The summed E-state index contributed by atoms with van der Waals surface area (Å²) < 4.78 is 9.79. The molecule has 0 bridgehead atoms. The van der Waals surface area contributed by atoms with E-state index in [9.17, 15) is 9.59 Å². The number of methoxy groups -OCH3 is 1. The van der Waals surface area contributed by atoms with Crippen LogP contribution in [0.3, 0.4) is 0 Å². The first-order valence-electron chi connectivity index (χ1n) is 5.78. The maximum Gasteiger partial charge on any atom is 0.316 e. The zero-order chi connectivity index (χ0) is 12.8. The summed E-state index contributed by atoms with van der Waals surface area (Å²) in [6.07, 6.45) is 3.70. The summed E-state index contributed by atoms with van der Waals surface area (Å²) >= 11 is 0. The van der Waals surface area contributed by atoms with Gasteiger partial charge in [0, 0.05) is 0 Å². The molecule has 94 valence electrons. The summed E-state index contributed by atoms with van der Waals surface area (Å²) in [7, 11) is 1.30. The van der Waals surface area contributed by atoms with Crippen LogP contribution in [0.5, 0.6) is 0 Å². The summed E-state index contributed by atoms with van der Waals surface area (Å²) in [5.74, 6) is -1.26. The second kappa shape index (κ2) is 6.23. The topological polar surface area (TPSA) is 56.5 Å². The van der Waals surface area contributed by atoms with Gasteiger partial charge in [0.05, 0.1) is 13.4 Å². The summed E-state index contributed by atoms with van der Waals surface area (Å²) in [5.41, 5.74) is 0.750. The second-order valence-electron chi connectivity index (χ2n) is 4.01. The number of carbonyl (C=O) groups excluding carboxylic acids is 2. The molecule has 0 saturated carbocycles. The minimum atomic E-state index is -0.746. The lowest BCUT2D eigenvalue weighted by atomic mass is 9.95. The van der Waals surface area contributed by atoms with E-state index in [1.165, 1.54) is 13.4 Å². The molecule has 0 radical (unpaired) electrons. The molecule has 0 aliphatic carbocycles. The van der Waals surface area contributed by atoms with Crippen LogP contribution in [0.4, 0.5) is 0 Å². The van der Waals surface area contributed by atoms with E-state index in [1.807, 2.05) is 6.92 Å². The molecule has 0 fully saturated rings. The molecular weight excluding hydrogens is 220 g/mol. The van der Waals surface area contributed by atoms with Gasteiger partial charge in [-0.15, -0.1) is 0 Å². The molecule has 0 aliphatic rings. The maximum atomic E-state index is 12.1. The van der Waals surface area contributed by atoms with Crippen molar-refractivity contribution in [3.8, 4) is 0 Å².